The molecule has 0 fully saturated rings. The van der Waals surface area contributed by atoms with Gasteiger partial charge in [-0.3, -0.25) is 173 Å². The lowest BCUT2D eigenvalue weighted by Crippen LogP contribution is -1.89. The van der Waals surface area contributed by atoms with Crippen LogP contribution in [-0.2, 0) is 198 Å². The summed E-state index contributed by atoms with van der Waals surface area (Å²) in [6.07, 6.45) is 0. The Morgan fingerprint density at radius 1 is 0.0632 bits per heavy atom. The summed E-state index contributed by atoms with van der Waals surface area (Å²) < 4.78 is 600. The van der Waals surface area contributed by atoms with E-state index in [0.29, 0.717) is 0 Å². The Hall–Kier alpha value is -2.47. The molecule has 0 amide bonds. The Balaban J connectivity index is -0.0000000378. The van der Waals surface area contributed by atoms with Crippen LogP contribution in [0.3, 0.4) is 0 Å². The first-order chi connectivity index (χ1) is 38.0. The van der Waals surface area contributed by atoms with Gasteiger partial charge in [0.05, 0.1) is 0 Å². The molecule has 0 aromatic heterocycles. The predicted octanol–water partition coefficient (Wildman–Crippen LogP) is -12.4. The Labute approximate surface area is 526 Å². The van der Waals surface area contributed by atoms with Gasteiger partial charge >= 0.3 is 198 Å². The smallest absolute Gasteiger partial charge is 0.264 e. The third kappa shape index (κ3) is 120000. The van der Waals surface area contributed by atoms with Crippen molar-refractivity contribution < 1.29 is 333 Å². The maximum atomic E-state index is 8.74. The van der Waals surface area contributed by atoms with E-state index in [9.17, 15) is 0 Å². The van der Waals surface area contributed by atoms with Gasteiger partial charge in [-0.1, -0.05) is 0 Å². The van der Waals surface area contributed by atoms with Crippen molar-refractivity contribution in [3.8, 4) is 0 Å². The second-order valence-corrected chi connectivity index (χ2v) is 25.5. The maximum absolute atomic E-state index is 8.74. The van der Waals surface area contributed by atoms with E-state index in [1.807, 2.05) is 0 Å². The first-order valence-electron chi connectivity index (χ1n) is 13.3. The zero-order valence-electron chi connectivity index (χ0n) is 40.3. The van der Waals surface area contributed by atoms with Crippen LogP contribution in [0, 0.1) is 0 Å². The van der Waals surface area contributed by atoms with Gasteiger partial charge < -0.3 is 0 Å². The van der Waals surface area contributed by atoms with Crippen LogP contribution < -0.4 is 0 Å². The minimum absolute atomic E-state index is 4.67. The van der Waals surface area contributed by atoms with E-state index in [4.69, 9.17) is 333 Å². The highest BCUT2D eigenvalue weighted by atomic mass is 32.3. The molecule has 0 aromatic carbocycles. The second kappa shape index (κ2) is 60.3. The molecular formula is H38O76S19. The summed E-state index contributed by atoms with van der Waals surface area (Å²) in [7, 11) is -88.7. The van der Waals surface area contributed by atoms with E-state index >= 15 is 0 Å². The standard InChI is InChI=1S/19H2O4S/c19*1-5(2,3)4/h19*(H2,1,2,3,4). The van der Waals surface area contributed by atoms with Gasteiger partial charge in [-0.25, -0.2) is 0 Å². The molecule has 0 aromatic rings. The molecule has 38 N–H and O–H groups in total. The molecule has 76 nitrogen and oxygen atoms in total. The first-order valence-corrected chi connectivity index (χ1v) is 39.8. The Morgan fingerprint density at radius 2 is 0.0632 bits per heavy atom. The summed E-state index contributed by atoms with van der Waals surface area (Å²) in [5.74, 6) is 0. The van der Waals surface area contributed by atoms with Gasteiger partial charge in [-0.15, -0.1) is 0 Å². The summed E-state index contributed by atoms with van der Waals surface area (Å²) in [4.78, 5) is 0. The largest absolute Gasteiger partial charge is 0.394 e. The lowest BCUT2D eigenvalue weighted by Gasteiger charge is -1.68. The first kappa shape index (κ1) is 143. The molecule has 0 saturated carbocycles. The third-order valence-corrected chi connectivity index (χ3v) is 0. The second-order valence-electron chi connectivity index (χ2n) is 8.51. The molecule has 0 atom stereocenters. The number of hydrogen-bond acceptors (Lipinski definition) is 38. The van der Waals surface area contributed by atoms with Crippen LogP contribution in [0.2, 0.25) is 0 Å². The van der Waals surface area contributed by atoms with Gasteiger partial charge in [0.15, 0.2) is 0 Å². The highest BCUT2D eigenvalue weighted by Crippen LogP contribution is 1.66. The molecule has 0 unspecified atom stereocenters. The van der Waals surface area contributed by atoms with Crippen molar-refractivity contribution in [2.24, 2.45) is 0 Å². The van der Waals surface area contributed by atoms with E-state index in [0.717, 1.165) is 0 Å². The fraction of sp³-hybridized carbons (Fsp3) is 0. The Kier molecular flexibility index (Phi) is 91.0. The van der Waals surface area contributed by atoms with E-state index in [2.05, 4.69) is 0 Å². The van der Waals surface area contributed by atoms with Gasteiger partial charge in [0.25, 0.3) is 0 Å². The van der Waals surface area contributed by atoms with Crippen LogP contribution in [0.1, 0.15) is 0 Å². The molecular weight excluding hydrogens is 1830 g/mol. The molecule has 0 aliphatic heterocycles. The molecule has 0 radical (unpaired) electrons. The van der Waals surface area contributed by atoms with Crippen LogP contribution in [0.5, 0.6) is 0 Å². The van der Waals surface area contributed by atoms with E-state index < -0.39 is 198 Å². The van der Waals surface area contributed by atoms with Crippen LogP contribution in [0.15, 0.2) is 0 Å². The van der Waals surface area contributed by atoms with Crippen LogP contribution in [0.4, 0.5) is 0 Å². The number of rotatable bonds is 0. The van der Waals surface area contributed by atoms with Gasteiger partial charge in [-0.05, 0) is 0 Å². The normalized spacial score (nSPS) is 11.6. The van der Waals surface area contributed by atoms with Gasteiger partial charge in [0.2, 0.25) is 0 Å². The fourth-order valence-electron chi connectivity index (χ4n) is 0. The predicted molar refractivity (Wildman–Crippen MR) is 269 cm³/mol. The van der Waals surface area contributed by atoms with Gasteiger partial charge in [0.1, 0.15) is 0 Å². The fourth-order valence-corrected chi connectivity index (χ4v) is 0. The van der Waals surface area contributed by atoms with Crippen LogP contribution >= 0.6 is 0 Å². The molecule has 0 spiro atoms. The van der Waals surface area contributed by atoms with Crippen molar-refractivity contribution in [1.82, 2.24) is 0 Å². The molecule has 0 heterocycles. The molecule has 0 rings (SSSR count). The topological polar surface area (TPSA) is 1420 Å². The molecule has 0 saturated heterocycles. The van der Waals surface area contributed by atoms with Crippen LogP contribution in [0.25, 0.3) is 0 Å². The van der Waals surface area contributed by atoms with Gasteiger partial charge in [0, 0.05) is 0 Å². The number of hydrogen-bond donors (Lipinski definition) is 38. The molecule has 608 valence electrons. The molecule has 0 aliphatic carbocycles. The monoisotopic (exact) mass is 1860 g/mol. The average molecular weight is 1860 g/mol. The van der Waals surface area contributed by atoms with Crippen molar-refractivity contribution in [3.05, 3.63) is 0 Å². The van der Waals surface area contributed by atoms with Crippen molar-refractivity contribution in [2.45, 2.75) is 0 Å². The minimum atomic E-state index is -4.67. The Bertz CT molecular complexity index is 2860. The van der Waals surface area contributed by atoms with E-state index in [1.165, 1.54) is 0 Å². The minimum Gasteiger partial charge on any atom is -0.264 e. The summed E-state index contributed by atoms with van der Waals surface area (Å²) in [6, 6.07) is 0. The van der Waals surface area contributed by atoms with Crippen molar-refractivity contribution in [2.75, 3.05) is 0 Å². The molecule has 0 aliphatic rings. The lowest BCUT2D eigenvalue weighted by molar-refractivity contribution is 0.378. The Morgan fingerprint density at radius 3 is 0.0632 bits per heavy atom. The summed E-state index contributed by atoms with van der Waals surface area (Å²) in [5.41, 5.74) is 0. The zero-order valence-corrected chi connectivity index (χ0v) is 55.8. The van der Waals surface area contributed by atoms with Crippen molar-refractivity contribution >= 4 is 198 Å². The van der Waals surface area contributed by atoms with Gasteiger partial charge in [-0.2, -0.15) is 160 Å². The quantitative estimate of drug-likeness (QED) is 0.100. The summed E-state index contributed by atoms with van der Waals surface area (Å²) in [5, 5.41) is 0. The average Bonchev–Trinajstić information content (AvgIpc) is 2.83. The summed E-state index contributed by atoms with van der Waals surface area (Å²) in [6.45, 7) is 0. The lowest BCUT2D eigenvalue weighted by atomic mass is 15.8. The van der Waals surface area contributed by atoms with Crippen molar-refractivity contribution in [1.29, 1.82) is 0 Å². The third-order valence-electron chi connectivity index (χ3n) is 0. The highest BCUT2D eigenvalue weighted by molar-refractivity contribution is 7.83. The van der Waals surface area contributed by atoms with E-state index in [-0.39, 0.29) is 0 Å². The van der Waals surface area contributed by atoms with E-state index in [1.54, 1.807) is 0 Å². The van der Waals surface area contributed by atoms with Crippen molar-refractivity contribution in [3.63, 3.8) is 0 Å². The molecule has 0 bridgehead atoms. The highest BCUT2D eigenvalue weighted by Gasteiger charge is 1.92. The van der Waals surface area contributed by atoms with Crippen LogP contribution in [-0.4, -0.2) is 333 Å². The maximum Gasteiger partial charge on any atom is 0.394 e. The molecule has 95 heavy (non-hydrogen) atoms. The molecule has 95 heteroatoms. The summed E-state index contributed by atoms with van der Waals surface area (Å²) >= 11 is 0. The zero-order chi connectivity index (χ0) is 85.5. The SMILES string of the molecule is O=S(=O)(O)O.O=S(=O)(O)O.O=S(=O)(O)O.O=S(=O)(O)O.O=S(=O)(O)O.O=S(=O)(O)O.O=S(=O)(O)O.O=S(=O)(O)O.O=S(=O)(O)O.O=S(=O)(O)O.O=S(=O)(O)O.O=S(=O)(O)O.O=S(=O)(O)O.O=S(=O)(O)O.O=S(=O)(O)O.O=S(=O)(O)O.O=S(=O)(O)O.O=S(=O)(O)O.O=S(=O)(O)O.